The van der Waals surface area contributed by atoms with E-state index in [1.165, 1.54) is 11.8 Å². The predicted octanol–water partition coefficient (Wildman–Crippen LogP) is -0.345. The molecule has 0 saturated heterocycles. The van der Waals surface area contributed by atoms with Crippen molar-refractivity contribution in [1.29, 1.82) is 0 Å². The van der Waals surface area contributed by atoms with Crippen LogP contribution in [0.4, 0.5) is 0 Å². The molecule has 3 N–H and O–H groups in total. The third-order valence-corrected chi connectivity index (χ3v) is 2.18. The SMILES string of the molecule is CCC(C(N)=O)N(C)C(C)C(=O)O. The zero-order valence-electron chi connectivity index (χ0n) is 8.15. The van der Waals surface area contributed by atoms with Crippen molar-refractivity contribution in [2.45, 2.75) is 32.4 Å². The van der Waals surface area contributed by atoms with Gasteiger partial charge in [-0.1, -0.05) is 6.92 Å². The molecule has 0 heterocycles. The summed E-state index contributed by atoms with van der Waals surface area (Å²) < 4.78 is 0. The lowest BCUT2D eigenvalue weighted by Crippen LogP contribution is -2.49. The van der Waals surface area contributed by atoms with Gasteiger partial charge in [-0.3, -0.25) is 14.5 Å². The summed E-state index contributed by atoms with van der Waals surface area (Å²) in [6.07, 6.45) is 0.517. The summed E-state index contributed by atoms with van der Waals surface area (Å²) in [5.74, 6) is -1.44. The molecule has 0 spiro atoms. The van der Waals surface area contributed by atoms with Gasteiger partial charge in [0.1, 0.15) is 6.04 Å². The minimum Gasteiger partial charge on any atom is -0.480 e. The normalized spacial score (nSPS) is 15.4. The summed E-state index contributed by atoms with van der Waals surface area (Å²) in [6, 6.07) is -1.21. The lowest BCUT2D eigenvalue weighted by atomic mass is 10.1. The second-order valence-corrected chi connectivity index (χ2v) is 3.01. The number of rotatable bonds is 5. The largest absolute Gasteiger partial charge is 0.480 e. The number of amides is 1. The highest BCUT2D eigenvalue weighted by Crippen LogP contribution is 2.05. The Balaban J connectivity index is 4.45. The highest BCUT2D eigenvalue weighted by Gasteiger charge is 2.26. The number of likely N-dealkylation sites (N-methyl/N-ethyl adjacent to an activating group) is 1. The van der Waals surface area contributed by atoms with Gasteiger partial charge >= 0.3 is 5.97 Å². The lowest BCUT2D eigenvalue weighted by Gasteiger charge is -2.27. The van der Waals surface area contributed by atoms with E-state index in [1.807, 2.05) is 0 Å². The molecule has 76 valence electrons. The Bertz CT molecular complexity index is 206. The van der Waals surface area contributed by atoms with E-state index in [1.54, 1.807) is 14.0 Å². The maximum absolute atomic E-state index is 10.9. The Kier molecular flexibility index (Phi) is 4.40. The number of nitrogens with zero attached hydrogens (tertiary/aromatic N) is 1. The van der Waals surface area contributed by atoms with Crippen LogP contribution in [0.2, 0.25) is 0 Å². The van der Waals surface area contributed by atoms with E-state index in [4.69, 9.17) is 10.8 Å². The smallest absolute Gasteiger partial charge is 0.320 e. The zero-order valence-corrected chi connectivity index (χ0v) is 8.15. The van der Waals surface area contributed by atoms with Crippen LogP contribution in [0.25, 0.3) is 0 Å². The van der Waals surface area contributed by atoms with Crippen LogP contribution in [0.5, 0.6) is 0 Å². The standard InChI is InChI=1S/C8H16N2O3/c1-4-6(7(9)11)10(3)5(2)8(12)13/h5-6H,4H2,1-3H3,(H2,9,11)(H,12,13). The quantitative estimate of drug-likeness (QED) is 0.618. The van der Waals surface area contributed by atoms with E-state index in [2.05, 4.69) is 0 Å². The van der Waals surface area contributed by atoms with Crippen molar-refractivity contribution < 1.29 is 14.7 Å². The van der Waals surface area contributed by atoms with Crippen molar-refractivity contribution in [1.82, 2.24) is 4.90 Å². The van der Waals surface area contributed by atoms with Crippen molar-refractivity contribution in [3.05, 3.63) is 0 Å². The van der Waals surface area contributed by atoms with Crippen molar-refractivity contribution in [3.63, 3.8) is 0 Å². The van der Waals surface area contributed by atoms with Gasteiger partial charge in [-0.2, -0.15) is 0 Å². The number of hydrogen-bond donors (Lipinski definition) is 2. The lowest BCUT2D eigenvalue weighted by molar-refractivity contribution is -0.143. The maximum Gasteiger partial charge on any atom is 0.320 e. The molecule has 0 radical (unpaired) electrons. The summed E-state index contributed by atoms with van der Waals surface area (Å²) in [5.41, 5.74) is 5.11. The Morgan fingerprint density at radius 1 is 1.54 bits per heavy atom. The molecule has 0 aliphatic carbocycles. The van der Waals surface area contributed by atoms with Gasteiger partial charge in [-0.05, 0) is 20.4 Å². The van der Waals surface area contributed by atoms with Gasteiger partial charge in [0.25, 0.3) is 0 Å². The van der Waals surface area contributed by atoms with E-state index in [-0.39, 0.29) is 0 Å². The van der Waals surface area contributed by atoms with Gasteiger partial charge in [-0.15, -0.1) is 0 Å². The maximum atomic E-state index is 10.9. The third-order valence-electron chi connectivity index (χ3n) is 2.18. The molecule has 5 nitrogen and oxygen atoms in total. The Morgan fingerprint density at radius 2 is 2.00 bits per heavy atom. The average Bonchev–Trinajstić information content (AvgIpc) is 2.03. The number of carbonyl (C=O) groups excluding carboxylic acids is 1. The van der Waals surface area contributed by atoms with Crippen LogP contribution >= 0.6 is 0 Å². The van der Waals surface area contributed by atoms with E-state index >= 15 is 0 Å². The molecule has 0 aromatic heterocycles. The molecule has 2 unspecified atom stereocenters. The van der Waals surface area contributed by atoms with Crippen LogP contribution < -0.4 is 5.73 Å². The van der Waals surface area contributed by atoms with Gasteiger partial charge in [0, 0.05) is 0 Å². The first-order valence-electron chi connectivity index (χ1n) is 4.15. The highest BCUT2D eigenvalue weighted by molar-refractivity contribution is 5.81. The van der Waals surface area contributed by atoms with E-state index in [0.29, 0.717) is 6.42 Å². The van der Waals surface area contributed by atoms with Crippen molar-refractivity contribution in [2.24, 2.45) is 5.73 Å². The van der Waals surface area contributed by atoms with Crippen LogP contribution in [0, 0.1) is 0 Å². The van der Waals surface area contributed by atoms with Crippen LogP contribution in [-0.2, 0) is 9.59 Å². The summed E-state index contributed by atoms with van der Waals surface area (Å²) in [5, 5.41) is 8.68. The fourth-order valence-corrected chi connectivity index (χ4v) is 1.13. The molecule has 2 atom stereocenters. The molecular formula is C8H16N2O3. The number of carboxylic acids is 1. The molecule has 0 aromatic carbocycles. The molecule has 13 heavy (non-hydrogen) atoms. The molecule has 0 bridgehead atoms. The second kappa shape index (κ2) is 4.81. The molecular weight excluding hydrogens is 172 g/mol. The highest BCUT2D eigenvalue weighted by atomic mass is 16.4. The van der Waals surface area contributed by atoms with E-state index < -0.39 is 24.0 Å². The summed E-state index contributed by atoms with van der Waals surface area (Å²) in [4.78, 5) is 22.9. The Morgan fingerprint density at radius 3 is 2.23 bits per heavy atom. The molecule has 1 amide bonds. The monoisotopic (exact) mass is 188 g/mol. The van der Waals surface area contributed by atoms with Gasteiger partial charge in [0.05, 0.1) is 6.04 Å². The summed E-state index contributed by atoms with van der Waals surface area (Å²) in [6.45, 7) is 3.31. The number of nitrogens with two attached hydrogens (primary N) is 1. The number of carboxylic acid groups (broad SMARTS) is 1. The zero-order chi connectivity index (χ0) is 10.6. The minimum atomic E-state index is -0.956. The van der Waals surface area contributed by atoms with Gasteiger partial charge in [0.2, 0.25) is 5.91 Å². The first-order chi connectivity index (χ1) is 5.91. The Labute approximate surface area is 77.5 Å². The van der Waals surface area contributed by atoms with Crippen molar-refractivity contribution in [3.8, 4) is 0 Å². The average molecular weight is 188 g/mol. The molecule has 0 saturated carbocycles. The first kappa shape index (κ1) is 11.9. The minimum absolute atomic E-state index is 0.488. The number of carbonyl (C=O) groups is 2. The van der Waals surface area contributed by atoms with Gasteiger partial charge < -0.3 is 10.8 Å². The summed E-state index contributed by atoms with van der Waals surface area (Å²) >= 11 is 0. The number of hydrogen-bond acceptors (Lipinski definition) is 3. The summed E-state index contributed by atoms with van der Waals surface area (Å²) in [7, 11) is 1.58. The van der Waals surface area contributed by atoms with Crippen molar-refractivity contribution in [2.75, 3.05) is 7.05 Å². The number of primary amides is 1. The topological polar surface area (TPSA) is 83.6 Å². The molecule has 0 aliphatic rings. The number of aliphatic carboxylic acids is 1. The van der Waals surface area contributed by atoms with Crippen LogP contribution in [0.1, 0.15) is 20.3 Å². The Hall–Kier alpha value is -1.10. The van der Waals surface area contributed by atoms with Gasteiger partial charge in [-0.25, -0.2) is 0 Å². The molecule has 5 heteroatoms. The molecule has 0 fully saturated rings. The van der Waals surface area contributed by atoms with E-state index in [9.17, 15) is 9.59 Å². The molecule has 0 aromatic rings. The van der Waals surface area contributed by atoms with E-state index in [0.717, 1.165) is 0 Å². The van der Waals surface area contributed by atoms with Crippen LogP contribution in [-0.4, -0.2) is 41.0 Å². The predicted molar refractivity (Wildman–Crippen MR) is 48.1 cm³/mol. The van der Waals surface area contributed by atoms with Gasteiger partial charge in [0.15, 0.2) is 0 Å². The van der Waals surface area contributed by atoms with Crippen molar-refractivity contribution >= 4 is 11.9 Å². The van der Waals surface area contributed by atoms with Crippen LogP contribution in [0.15, 0.2) is 0 Å². The molecule has 0 aliphatic heterocycles. The molecule has 0 rings (SSSR count). The first-order valence-corrected chi connectivity index (χ1v) is 4.15. The van der Waals surface area contributed by atoms with Crippen LogP contribution in [0.3, 0.4) is 0 Å². The fourth-order valence-electron chi connectivity index (χ4n) is 1.13. The third kappa shape index (κ3) is 3.02. The second-order valence-electron chi connectivity index (χ2n) is 3.01. The fraction of sp³-hybridized carbons (Fsp3) is 0.750.